The van der Waals surface area contributed by atoms with E-state index >= 15 is 0 Å². The molecular formula is C22H23N3O4. The van der Waals surface area contributed by atoms with E-state index in [4.69, 9.17) is 4.74 Å². The summed E-state index contributed by atoms with van der Waals surface area (Å²) in [5, 5.41) is 23.1. The Balaban J connectivity index is 2.11. The van der Waals surface area contributed by atoms with Gasteiger partial charge in [-0.15, -0.1) is 0 Å². The van der Waals surface area contributed by atoms with Crippen LogP contribution in [0.3, 0.4) is 0 Å². The number of nitrogens with one attached hydrogen (secondary N) is 1. The van der Waals surface area contributed by atoms with Crippen molar-refractivity contribution in [1.82, 2.24) is 5.32 Å². The minimum absolute atomic E-state index is 0.0775. The van der Waals surface area contributed by atoms with Crippen molar-refractivity contribution in [3.63, 3.8) is 0 Å². The Labute approximate surface area is 169 Å². The number of rotatable bonds is 6. The maximum atomic E-state index is 12.5. The first kappa shape index (κ1) is 20.4. The molecule has 0 unspecified atom stereocenters. The number of carbonyl (C=O) groups is 2. The molecule has 2 N–H and O–H groups in total. The normalized spacial score (nSPS) is 19.2. The summed E-state index contributed by atoms with van der Waals surface area (Å²) in [4.78, 5) is 24.9. The second-order valence-corrected chi connectivity index (χ2v) is 7.39. The van der Waals surface area contributed by atoms with E-state index < -0.39 is 17.7 Å². The lowest BCUT2D eigenvalue weighted by atomic mass is 9.84. The first-order valence-electron chi connectivity index (χ1n) is 9.30. The molecule has 0 bridgehead atoms. The largest absolute Gasteiger partial charge is 0.485 e. The summed E-state index contributed by atoms with van der Waals surface area (Å²) in [5.74, 6) is 0.203. The Morgan fingerprint density at radius 2 is 2.03 bits per heavy atom. The summed E-state index contributed by atoms with van der Waals surface area (Å²) >= 11 is 0. The van der Waals surface area contributed by atoms with Crippen LogP contribution in [0.25, 0.3) is 0 Å². The second-order valence-electron chi connectivity index (χ2n) is 7.39. The molecule has 0 saturated heterocycles. The Bertz CT molecular complexity index is 937. The van der Waals surface area contributed by atoms with Crippen LogP contribution in [0.5, 0.6) is 5.75 Å². The van der Waals surface area contributed by atoms with Gasteiger partial charge in [0.05, 0.1) is 30.8 Å². The number of amides is 1. The molecule has 1 aliphatic heterocycles. The third kappa shape index (κ3) is 4.23. The molecule has 0 spiro atoms. The Hall–Kier alpha value is -3.37. The van der Waals surface area contributed by atoms with Gasteiger partial charge >= 0.3 is 0 Å². The van der Waals surface area contributed by atoms with Gasteiger partial charge in [-0.05, 0) is 44.2 Å². The highest BCUT2D eigenvalue weighted by atomic mass is 16.5. The molecule has 1 amide bonds. The van der Waals surface area contributed by atoms with Crippen LogP contribution in [-0.4, -0.2) is 42.1 Å². The molecule has 7 heteroatoms. The van der Waals surface area contributed by atoms with Crippen LogP contribution < -0.4 is 15.0 Å². The standard InChI is InChI=1S/C22H23N3O4/c1-22(2)21(28)20(17-12-15(13-23)8-9-18(17)29-22)25(14-19(27)24-10-11-26)16-6-4-3-5-7-16/h3-9,11-12,20-21,28H,10,14H2,1-2H3,(H,24,27)/t20-,21+/m0/s1. The fourth-order valence-corrected chi connectivity index (χ4v) is 3.51. The van der Waals surface area contributed by atoms with E-state index in [1.54, 1.807) is 36.9 Å². The molecule has 0 radical (unpaired) electrons. The first-order valence-corrected chi connectivity index (χ1v) is 9.30. The molecule has 2 atom stereocenters. The number of hydrogen-bond donors (Lipinski definition) is 2. The van der Waals surface area contributed by atoms with Crippen molar-refractivity contribution in [2.24, 2.45) is 0 Å². The molecule has 0 saturated carbocycles. The third-order valence-corrected chi connectivity index (χ3v) is 4.96. The Morgan fingerprint density at radius 1 is 1.31 bits per heavy atom. The van der Waals surface area contributed by atoms with Crippen LogP contribution in [0, 0.1) is 11.3 Å². The molecule has 2 aromatic rings. The van der Waals surface area contributed by atoms with Crippen LogP contribution in [0.1, 0.15) is 31.0 Å². The van der Waals surface area contributed by atoms with Gasteiger partial charge in [-0.1, -0.05) is 18.2 Å². The van der Waals surface area contributed by atoms with E-state index in [9.17, 15) is 20.0 Å². The van der Waals surface area contributed by atoms with Crippen molar-refractivity contribution in [2.45, 2.75) is 31.6 Å². The van der Waals surface area contributed by atoms with Gasteiger partial charge < -0.3 is 24.9 Å². The number of anilines is 1. The first-order chi connectivity index (χ1) is 13.9. The smallest absolute Gasteiger partial charge is 0.239 e. The third-order valence-electron chi connectivity index (χ3n) is 4.96. The molecule has 0 fully saturated rings. The molecule has 0 aliphatic carbocycles. The lowest BCUT2D eigenvalue weighted by molar-refractivity contribution is -0.121. The number of benzene rings is 2. The zero-order valence-electron chi connectivity index (χ0n) is 16.3. The van der Waals surface area contributed by atoms with E-state index in [1.807, 2.05) is 30.3 Å². The maximum Gasteiger partial charge on any atom is 0.239 e. The molecule has 3 rings (SSSR count). The van der Waals surface area contributed by atoms with Gasteiger partial charge in [0.2, 0.25) is 5.91 Å². The zero-order valence-corrected chi connectivity index (χ0v) is 16.3. The summed E-state index contributed by atoms with van der Waals surface area (Å²) in [6.07, 6.45) is -0.367. The molecule has 1 heterocycles. The van der Waals surface area contributed by atoms with Crippen LogP contribution in [0.4, 0.5) is 5.69 Å². The summed E-state index contributed by atoms with van der Waals surface area (Å²) in [6, 6.07) is 15.8. The fourth-order valence-electron chi connectivity index (χ4n) is 3.51. The number of fused-ring (bicyclic) bond motifs is 1. The van der Waals surface area contributed by atoms with Gasteiger partial charge in [-0.3, -0.25) is 4.79 Å². The minimum atomic E-state index is -0.983. The molecule has 2 aromatic carbocycles. The van der Waals surface area contributed by atoms with Crippen molar-refractivity contribution >= 4 is 17.9 Å². The fraction of sp³-hybridized carbons (Fsp3) is 0.318. The molecule has 1 aliphatic rings. The van der Waals surface area contributed by atoms with Crippen molar-refractivity contribution in [2.75, 3.05) is 18.0 Å². The van der Waals surface area contributed by atoms with Crippen molar-refractivity contribution < 1.29 is 19.4 Å². The van der Waals surface area contributed by atoms with E-state index in [0.29, 0.717) is 23.2 Å². The number of nitriles is 1. The topological polar surface area (TPSA) is 103 Å². The average molecular weight is 393 g/mol. The highest BCUT2D eigenvalue weighted by Crippen LogP contribution is 2.44. The number of para-hydroxylation sites is 1. The summed E-state index contributed by atoms with van der Waals surface area (Å²) in [5.41, 5.74) is 0.868. The molecule has 150 valence electrons. The average Bonchev–Trinajstić information content (AvgIpc) is 2.72. The highest BCUT2D eigenvalue weighted by molar-refractivity contribution is 5.83. The summed E-state index contributed by atoms with van der Waals surface area (Å²) < 4.78 is 5.98. The second kappa shape index (κ2) is 8.33. The van der Waals surface area contributed by atoms with Crippen LogP contribution in [0.15, 0.2) is 48.5 Å². The molecule has 0 aromatic heterocycles. The van der Waals surface area contributed by atoms with Gasteiger partial charge in [0, 0.05) is 11.3 Å². The zero-order chi connectivity index (χ0) is 21.0. The van der Waals surface area contributed by atoms with Gasteiger partial charge in [-0.2, -0.15) is 5.26 Å². The molecular weight excluding hydrogens is 370 g/mol. The number of hydrogen-bond acceptors (Lipinski definition) is 6. The predicted molar refractivity (Wildman–Crippen MR) is 107 cm³/mol. The SMILES string of the molecule is CC1(C)Oc2ccc(C#N)cc2[C@H](N(CC(=O)NCC=O)c2ccccc2)[C@H]1O. The van der Waals surface area contributed by atoms with E-state index in [0.717, 1.165) is 5.69 Å². The van der Waals surface area contributed by atoms with Gasteiger partial charge in [-0.25, -0.2) is 0 Å². The number of ether oxygens (including phenoxy) is 1. The highest BCUT2D eigenvalue weighted by Gasteiger charge is 2.46. The lowest BCUT2D eigenvalue weighted by Crippen LogP contribution is -2.55. The number of carbonyl (C=O) groups excluding carboxylic acids is 2. The lowest BCUT2D eigenvalue weighted by Gasteiger charge is -2.47. The van der Waals surface area contributed by atoms with E-state index in [1.165, 1.54) is 0 Å². The van der Waals surface area contributed by atoms with Crippen LogP contribution >= 0.6 is 0 Å². The molecule has 7 nitrogen and oxygen atoms in total. The van der Waals surface area contributed by atoms with Crippen molar-refractivity contribution in [1.29, 1.82) is 5.26 Å². The van der Waals surface area contributed by atoms with Crippen LogP contribution in [-0.2, 0) is 9.59 Å². The number of aldehydes is 1. The van der Waals surface area contributed by atoms with Crippen LogP contribution in [0.2, 0.25) is 0 Å². The maximum absolute atomic E-state index is 12.5. The Morgan fingerprint density at radius 3 is 2.69 bits per heavy atom. The van der Waals surface area contributed by atoms with Gasteiger partial charge in [0.15, 0.2) is 0 Å². The van der Waals surface area contributed by atoms with Crippen molar-refractivity contribution in [3.8, 4) is 11.8 Å². The van der Waals surface area contributed by atoms with Crippen molar-refractivity contribution in [3.05, 3.63) is 59.7 Å². The quantitative estimate of drug-likeness (QED) is 0.728. The summed E-state index contributed by atoms with van der Waals surface area (Å²) in [7, 11) is 0. The number of aliphatic hydroxyl groups is 1. The molecule has 29 heavy (non-hydrogen) atoms. The van der Waals surface area contributed by atoms with Gasteiger partial charge in [0.25, 0.3) is 0 Å². The van der Waals surface area contributed by atoms with E-state index in [-0.39, 0.29) is 19.0 Å². The summed E-state index contributed by atoms with van der Waals surface area (Å²) in [6.45, 7) is 3.40. The van der Waals surface area contributed by atoms with Gasteiger partial charge in [0.1, 0.15) is 23.7 Å². The van der Waals surface area contributed by atoms with E-state index in [2.05, 4.69) is 11.4 Å². The predicted octanol–water partition coefficient (Wildman–Crippen LogP) is 1.95. The monoisotopic (exact) mass is 393 g/mol. The number of nitrogens with zero attached hydrogens (tertiary/aromatic N) is 2. The minimum Gasteiger partial charge on any atom is -0.485 e. The number of aliphatic hydroxyl groups excluding tert-OH is 1. The Kier molecular flexibility index (Phi) is 5.85.